The molecule has 0 aliphatic carbocycles. The summed E-state index contributed by atoms with van der Waals surface area (Å²) in [6.45, 7) is 3.53. The topological polar surface area (TPSA) is 75.9 Å². The van der Waals surface area contributed by atoms with Gasteiger partial charge in [0.05, 0.1) is 5.69 Å². The van der Waals surface area contributed by atoms with Gasteiger partial charge in [-0.2, -0.15) is 0 Å². The molecule has 0 atom stereocenters. The molecule has 1 heterocycles. The zero-order valence-corrected chi connectivity index (χ0v) is 12.9. The number of anilines is 3. The van der Waals surface area contributed by atoms with Crippen LogP contribution in [0.4, 0.5) is 17.3 Å². The number of nitrogens with two attached hydrogens (primary N) is 1. The Bertz CT molecular complexity index is 573. The minimum atomic E-state index is 0.666. The van der Waals surface area contributed by atoms with E-state index in [4.69, 9.17) is 5.73 Å². The molecule has 0 radical (unpaired) electrons. The summed E-state index contributed by atoms with van der Waals surface area (Å²) in [6, 6.07) is 8.00. The third-order valence-electron chi connectivity index (χ3n) is 2.74. The zero-order valence-electron chi connectivity index (χ0n) is 11.4. The van der Waals surface area contributed by atoms with Crippen LogP contribution in [0, 0.1) is 6.92 Å². The van der Waals surface area contributed by atoms with E-state index in [0.29, 0.717) is 6.54 Å². The first-order valence-electron chi connectivity index (χ1n) is 6.48. The number of aryl methyl sites for hydroxylation is 1. The van der Waals surface area contributed by atoms with Crippen molar-refractivity contribution in [1.82, 2.24) is 9.97 Å². The highest BCUT2D eigenvalue weighted by atomic mass is 79.9. The summed E-state index contributed by atoms with van der Waals surface area (Å²) in [4.78, 5) is 8.39. The average Bonchev–Trinajstić information content (AvgIpc) is 2.43. The molecular formula is C14H18BrN5. The second-order valence-corrected chi connectivity index (χ2v) is 5.32. The van der Waals surface area contributed by atoms with Crippen LogP contribution in [0.1, 0.15) is 12.0 Å². The fourth-order valence-electron chi connectivity index (χ4n) is 1.70. The lowest BCUT2D eigenvalue weighted by atomic mass is 10.2. The van der Waals surface area contributed by atoms with Crippen molar-refractivity contribution < 1.29 is 0 Å². The fourth-order valence-corrected chi connectivity index (χ4v) is 2.29. The molecule has 5 nitrogen and oxygen atoms in total. The lowest BCUT2D eigenvalue weighted by Gasteiger charge is -2.10. The van der Waals surface area contributed by atoms with Crippen molar-refractivity contribution in [3.05, 3.63) is 40.6 Å². The van der Waals surface area contributed by atoms with E-state index in [2.05, 4.69) is 55.6 Å². The number of hydrogen-bond donors (Lipinski definition) is 3. The molecule has 106 valence electrons. The summed E-state index contributed by atoms with van der Waals surface area (Å²) in [5.74, 6) is 1.54. The number of benzene rings is 1. The van der Waals surface area contributed by atoms with Crippen LogP contribution in [0.15, 0.2) is 35.1 Å². The van der Waals surface area contributed by atoms with Crippen molar-refractivity contribution >= 4 is 33.3 Å². The maximum atomic E-state index is 5.46. The standard InChI is InChI=1S/C14H18BrN5/c1-10-3-4-12(11(15)7-10)20-14-8-13(18-9-19-14)17-6-2-5-16/h3-4,7-9H,2,5-6,16H2,1H3,(H2,17,18,19,20). The average molecular weight is 336 g/mol. The molecule has 0 saturated heterocycles. The summed E-state index contributed by atoms with van der Waals surface area (Å²) in [7, 11) is 0. The van der Waals surface area contributed by atoms with E-state index in [-0.39, 0.29) is 0 Å². The van der Waals surface area contributed by atoms with Crippen LogP contribution in [0.5, 0.6) is 0 Å². The summed E-state index contributed by atoms with van der Waals surface area (Å²) >= 11 is 3.54. The number of halogens is 1. The van der Waals surface area contributed by atoms with Crippen molar-refractivity contribution in [2.45, 2.75) is 13.3 Å². The molecule has 0 amide bonds. The zero-order chi connectivity index (χ0) is 14.4. The van der Waals surface area contributed by atoms with Crippen molar-refractivity contribution in [2.24, 2.45) is 5.73 Å². The maximum Gasteiger partial charge on any atom is 0.135 e. The first-order valence-corrected chi connectivity index (χ1v) is 7.27. The van der Waals surface area contributed by atoms with Crippen LogP contribution in [0.25, 0.3) is 0 Å². The Hall–Kier alpha value is -1.66. The van der Waals surface area contributed by atoms with Gasteiger partial charge in [0.15, 0.2) is 0 Å². The summed E-state index contributed by atoms with van der Waals surface area (Å²) in [5.41, 5.74) is 7.64. The Morgan fingerprint density at radius 1 is 1.20 bits per heavy atom. The number of hydrogen-bond acceptors (Lipinski definition) is 5. The minimum absolute atomic E-state index is 0.666. The van der Waals surface area contributed by atoms with Gasteiger partial charge in [0.2, 0.25) is 0 Å². The van der Waals surface area contributed by atoms with E-state index in [1.54, 1.807) is 0 Å². The normalized spacial score (nSPS) is 10.3. The number of nitrogens with one attached hydrogen (secondary N) is 2. The third-order valence-corrected chi connectivity index (χ3v) is 3.40. The van der Waals surface area contributed by atoms with Crippen LogP contribution in [0.3, 0.4) is 0 Å². The molecule has 2 aromatic rings. The molecule has 0 spiro atoms. The molecule has 4 N–H and O–H groups in total. The summed E-state index contributed by atoms with van der Waals surface area (Å²) in [6.07, 6.45) is 2.45. The van der Waals surface area contributed by atoms with Gasteiger partial charge in [0, 0.05) is 17.1 Å². The Labute approximate surface area is 127 Å². The Morgan fingerprint density at radius 2 is 2.00 bits per heavy atom. The molecule has 0 saturated carbocycles. The maximum absolute atomic E-state index is 5.46. The lowest BCUT2D eigenvalue weighted by Crippen LogP contribution is -2.09. The van der Waals surface area contributed by atoms with Gasteiger partial charge in [-0.05, 0) is 53.5 Å². The van der Waals surface area contributed by atoms with E-state index in [1.807, 2.05) is 12.1 Å². The van der Waals surface area contributed by atoms with Gasteiger partial charge < -0.3 is 16.4 Å². The Kier molecular flexibility index (Phi) is 5.31. The molecule has 2 rings (SSSR count). The number of aromatic nitrogens is 2. The molecule has 0 aliphatic rings. The molecule has 1 aromatic carbocycles. The van der Waals surface area contributed by atoms with Crippen LogP contribution in [0.2, 0.25) is 0 Å². The van der Waals surface area contributed by atoms with E-state index in [9.17, 15) is 0 Å². The first kappa shape index (κ1) is 14.7. The minimum Gasteiger partial charge on any atom is -0.370 e. The first-order chi connectivity index (χ1) is 9.69. The van der Waals surface area contributed by atoms with Crippen molar-refractivity contribution in [3.8, 4) is 0 Å². The van der Waals surface area contributed by atoms with Crippen LogP contribution in [-0.4, -0.2) is 23.1 Å². The Morgan fingerprint density at radius 3 is 2.75 bits per heavy atom. The number of nitrogens with zero attached hydrogens (tertiary/aromatic N) is 2. The number of rotatable bonds is 6. The van der Waals surface area contributed by atoms with E-state index < -0.39 is 0 Å². The summed E-state index contributed by atoms with van der Waals surface area (Å²) in [5, 5.41) is 6.48. The van der Waals surface area contributed by atoms with E-state index in [0.717, 1.165) is 34.8 Å². The van der Waals surface area contributed by atoms with Crippen LogP contribution < -0.4 is 16.4 Å². The predicted molar refractivity (Wildman–Crippen MR) is 86.4 cm³/mol. The van der Waals surface area contributed by atoms with Gasteiger partial charge in [-0.3, -0.25) is 0 Å². The largest absolute Gasteiger partial charge is 0.370 e. The Balaban J connectivity index is 2.07. The molecule has 0 aliphatic heterocycles. The highest BCUT2D eigenvalue weighted by molar-refractivity contribution is 9.10. The van der Waals surface area contributed by atoms with Gasteiger partial charge in [0.25, 0.3) is 0 Å². The van der Waals surface area contributed by atoms with Gasteiger partial charge in [0.1, 0.15) is 18.0 Å². The van der Waals surface area contributed by atoms with E-state index >= 15 is 0 Å². The predicted octanol–water partition coefficient (Wildman–Crippen LogP) is 3.05. The molecule has 0 fully saturated rings. The van der Waals surface area contributed by atoms with Gasteiger partial charge >= 0.3 is 0 Å². The highest BCUT2D eigenvalue weighted by Gasteiger charge is 2.03. The molecule has 0 bridgehead atoms. The molecule has 0 unspecified atom stereocenters. The van der Waals surface area contributed by atoms with Crippen molar-refractivity contribution in [3.63, 3.8) is 0 Å². The van der Waals surface area contributed by atoms with Crippen molar-refractivity contribution in [2.75, 3.05) is 23.7 Å². The van der Waals surface area contributed by atoms with E-state index in [1.165, 1.54) is 11.9 Å². The quantitative estimate of drug-likeness (QED) is 0.707. The van der Waals surface area contributed by atoms with Crippen molar-refractivity contribution in [1.29, 1.82) is 0 Å². The van der Waals surface area contributed by atoms with Crippen LogP contribution in [-0.2, 0) is 0 Å². The molecule has 6 heteroatoms. The monoisotopic (exact) mass is 335 g/mol. The molecule has 1 aromatic heterocycles. The lowest BCUT2D eigenvalue weighted by molar-refractivity contribution is 0.869. The molecular weight excluding hydrogens is 318 g/mol. The SMILES string of the molecule is Cc1ccc(Nc2cc(NCCCN)ncn2)c(Br)c1. The van der Waals surface area contributed by atoms with Gasteiger partial charge in [-0.15, -0.1) is 0 Å². The van der Waals surface area contributed by atoms with Gasteiger partial charge in [-0.25, -0.2) is 9.97 Å². The molecule has 20 heavy (non-hydrogen) atoms. The second-order valence-electron chi connectivity index (χ2n) is 4.47. The second kappa shape index (κ2) is 7.21. The highest BCUT2D eigenvalue weighted by Crippen LogP contribution is 2.26. The van der Waals surface area contributed by atoms with Gasteiger partial charge in [-0.1, -0.05) is 6.07 Å². The fraction of sp³-hybridized carbons (Fsp3) is 0.286. The smallest absolute Gasteiger partial charge is 0.135 e. The third kappa shape index (κ3) is 4.18. The van der Waals surface area contributed by atoms with Crippen LogP contribution >= 0.6 is 15.9 Å². The summed E-state index contributed by atoms with van der Waals surface area (Å²) < 4.78 is 1.01.